The van der Waals surface area contributed by atoms with Crippen molar-refractivity contribution in [1.29, 1.82) is 0 Å². The number of fused-ring (bicyclic) bond motifs is 2. The Morgan fingerprint density at radius 1 is 0.889 bits per heavy atom. The van der Waals surface area contributed by atoms with E-state index in [2.05, 4.69) is 6.58 Å². The molecule has 5 rings (SSSR count). The Kier molecular flexibility index (Phi) is 8.27. The molecule has 0 saturated carbocycles. The van der Waals surface area contributed by atoms with Gasteiger partial charge in [-0.2, -0.15) is 0 Å². The molecule has 7 unspecified atom stereocenters. The van der Waals surface area contributed by atoms with Crippen molar-refractivity contribution in [1.82, 2.24) is 0 Å². The van der Waals surface area contributed by atoms with Crippen molar-refractivity contribution in [3.63, 3.8) is 0 Å². The van der Waals surface area contributed by atoms with Crippen LogP contribution in [0.2, 0.25) is 0 Å². The molecule has 11 atom stereocenters. The summed E-state index contributed by atoms with van der Waals surface area (Å²) in [4.78, 5) is 25.2. The van der Waals surface area contributed by atoms with E-state index in [1.807, 2.05) is 6.92 Å². The second-order valence-corrected chi connectivity index (χ2v) is 11.3. The van der Waals surface area contributed by atoms with Gasteiger partial charge in [0, 0.05) is 32.3 Å². The largest absolute Gasteiger partial charge is 0.388 e. The molecule has 0 amide bonds. The van der Waals surface area contributed by atoms with E-state index in [-0.39, 0.29) is 48.3 Å². The number of ether oxygens (including phenoxy) is 5. The van der Waals surface area contributed by atoms with Gasteiger partial charge in [-0.25, -0.2) is 0 Å². The molecule has 2 N–H and O–H groups in total. The lowest BCUT2D eigenvalue weighted by Gasteiger charge is -2.46. The van der Waals surface area contributed by atoms with Crippen LogP contribution in [0.15, 0.2) is 12.2 Å². The van der Waals surface area contributed by atoms with Gasteiger partial charge in [0.2, 0.25) is 0 Å². The minimum absolute atomic E-state index is 0.0116. The molecule has 0 aromatic rings. The minimum atomic E-state index is -0.998. The average molecular weight is 509 g/mol. The lowest BCUT2D eigenvalue weighted by molar-refractivity contribution is -0.259. The predicted molar refractivity (Wildman–Crippen MR) is 127 cm³/mol. The first-order valence-corrected chi connectivity index (χ1v) is 13.5. The fourth-order valence-electron chi connectivity index (χ4n) is 6.43. The van der Waals surface area contributed by atoms with E-state index >= 15 is 0 Å². The van der Waals surface area contributed by atoms with Crippen LogP contribution in [0.1, 0.15) is 64.7 Å². The second-order valence-electron chi connectivity index (χ2n) is 11.3. The number of aliphatic hydroxyl groups excluding tert-OH is 2. The summed E-state index contributed by atoms with van der Waals surface area (Å²) in [6, 6.07) is 0. The first kappa shape index (κ1) is 26.4. The third-order valence-corrected chi connectivity index (χ3v) is 8.56. The first-order chi connectivity index (χ1) is 17.3. The molecule has 36 heavy (non-hydrogen) atoms. The van der Waals surface area contributed by atoms with Gasteiger partial charge in [-0.1, -0.05) is 6.58 Å². The highest BCUT2D eigenvalue weighted by Crippen LogP contribution is 2.40. The van der Waals surface area contributed by atoms with Crippen molar-refractivity contribution in [3.05, 3.63) is 12.2 Å². The average Bonchev–Trinajstić information content (AvgIpc) is 3.53. The van der Waals surface area contributed by atoms with Crippen LogP contribution in [0.3, 0.4) is 0 Å². The lowest BCUT2D eigenvalue weighted by Crippen LogP contribution is -2.61. The highest BCUT2D eigenvalue weighted by molar-refractivity contribution is 5.79. The summed E-state index contributed by atoms with van der Waals surface area (Å²) in [5.41, 5.74) is 1.05. The van der Waals surface area contributed by atoms with Gasteiger partial charge in [-0.05, 0) is 50.5 Å². The molecule has 5 saturated heterocycles. The zero-order valence-electron chi connectivity index (χ0n) is 21.1. The molecule has 0 radical (unpaired) electrons. The third-order valence-electron chi connectivity index (χ3n) is 8.56. The molecular formula is C27H40O9. The maximum Gasteiger partial charge on any atom is 0.135 e. The van der Waals surface area contributed by atoms with Crippen molar-refractivity contribution >= 4 is 11.6 Å². The molecule has 9 heteroatoms. The maximum absolute atomic E-state index is 12.6. The van der Waals surface area contributed by atoms with Gasteiger partial charge in [-0.15, -0.1) is 0 Å². The van der Waals surface area contributed by atoms with Crippen molar-refractivity contribution in [2.75, 3.05) is 13.2 Å². The van der Waals surface area contributed by atoms with Crippen LogP contribution in [0, 0.1) is 5.92 Å². The van der Waals surface area contributed by atoms with Crippen LogP contribution in [0.4, 0.5) is 0 Å². The molecular weight excluding hydrogens is 468 g/mol. The molecule has 0 aromatic heterocycles. The highest BCUT2D eigenvalue weighted by Gasteiger charge is 2.57. The third kappa shape index (κ3) is 5.77. The molecule has 5 fully saturated rings. The van der Waals surface area contributed by atoms with E-state index < -0.39 is 36.6 Å². The van der Waals surface area contributed by atoms with E-state index in [0.717, 1.165) is 18.4 Å². The first-order valence-electron chi connectivity index (χ1n) is 13.5. The van der Waals surface area contributed by atoms with Crippen molar-refractivity contribution in [3.8, 4) is 0 Å². The summed E-state index contributed by atoms with van der Waals surface area (Å²) in [5, 5.41) is 21.9. The summed E-state index contributed by atoms with van der Waals surface area (Å²) in [6.07, 6.45) is -0.519. The van der Waals surface area contributed by atoms with E-state index in [9.17, 15) is 19.8 Å². The van der Waals surface area contributed by atoms with Gasteiger partial charge in [0.25, 0.3) is 0 Å². The number of carbonyl (C=O) groups is 2. The number of Topliss-reactive ketones (excluding diaryl/α,β-unsaturated/α-hetero) is 2. The second kappa shape index (κ2) is 11.3. The summed E-state index contributed by atoms with van der Waals surface area (Å²) >= 11 is 0. The van der Waals surface area contributed by atoms with Crippen molar-refractivity contribution in [2.24, 2.45) is 5.92 Å². The normalized spacial score (nSPS) is 44.4. The molecule has 0 aromatic carbocycles. The van der Waals surface area contributed by atoms with Crippen LogP contribution < -0.4 is 0 Å². The number of aliphatic hydroxyl groups is 2. The molecule has 202 valence electrons. The summed E-state index contributed by atoms with van der Waals surface area (Å²) in [6.45, 7) is 7.18. The Bertz CT molecular complexity index is 830. The van der Waals surface area contributed by atoms with Gasteiger partial charge < -0.3 is 33.9 Å². The molecule has 5 heterocycles. The quantitative estimate of drug-likeness (QED) is 0.448. The molecule has 0 bridgehead atoms. The van der Waals surface area contributed by atoms with Crippen molar-refractivity contribution < 1.29 is 43.5 Å². The monoisotopic (exact) mass is 508 g/mol. The summed E-state index contributed by atoms with van der Waals surface area (Å²) < 4.78 is 29.4. The number of hydrogen-bond acceptors (Lipinski definition) is 9. The zero-order valence-corrected chi connectivity index (χ0v) is 21.1. The molecule has 5 aliphatic rings. The highest BCUT2D eigenvalue weighted by atomic mass is 16.6. The van der Waals surface area contributed by atoms with Gasteiger partial charge >= 0.3 is 0 Å². The molecule has 9 nitrogen and oxygen atoms in total. The Morgan fingerprint density at radius 2 is 1.69 bits per heavy atom. The summed E-state index contributed by atoms with van der Waals surface area (Å²) in [5.74, 6) is 0.405. The molecule has 0 spiro atoms. The molecule has 5 aliphatic heterocycles. The van der Waals surface area contributed by atoms with Crippen LogP contribution >= 0.6 is 0 Å². The van der Waals surface area contributed by atoms with Gasteiger partial charge in [0.15, 0.2) is 0 Å². The predicted octanol–water partition coefficient (Wildman–Crippen LogP) is 1.65. The smallest absolute Gasteiger partial charge is 0.135 e. The van der Waals surface area contributed by atoms with Gasteiger partial charge in [-0.3, -0.25) is 9.59 Å². The number of carbonyl (C=O) groups excluding carboxylic acids is 2. The van der Waals surface area contributed by atoms with Crippen LogP contribution in [0.25, 0.3) is 0 Å². The Hall–Kier alpha value is -1.20. The van der Waals surface area contributed by atoms with Gasteiger partial charge in [0.1, 0.15) is 42.1 Å². The SMILES string of the molecule is C=C1COC(CCC(=O)C[C@H]2OC3C(O)[C@H]4OC(CC(=O)CC5CCO[C@H]5C)CCC4O[C@H]3C2O)C1. The zero-order chi connectivity index (χ0) is 25.4. The number of rotatable bonds is 9. The fourth-order valence-corrected chi connectivity index (χ4v) is 6.43. The minimum Gasteiger partial charge on any atom is -0.388 e. The number of ketones is 2. The lowest BCUT2D eigenvalue weighted by atomic mass is 9.86. The topological polar surface area (TPSA) is 121 Å². The van der Waals surface area contributed by atoms with E-state index in [4.69, 9.17) is 23.7 Å². The fraction of sp³-hybridized carbons (Fsp3) is 0.852. The van der Waals surface area contributed by atoms with Crippen LogP contribution in [-0.4, -0.2) is 96.0 Å². The maximum atomic E-state index is 12.6. The molecule has 0 aliphatic carbocycles. The van der Waals surface area contributed by atoms with Crippen LogP contribution in [-0.2, 0) is 33.3 Å². The Balaban J connectivity index is 1.11. The van der Waals surface area contributed by atoms with E-state index in [1.165, 1.54) is 0 Å². The number of hydrogen-bond donors (Lipinski definition) is 2. The van der Waals surface area contributed by atoms with Gasteiger partial charge in [0.05, 0.1) is 37.1 Å². The van der Waals surface area contributed by atoms with Crippen molar-refractivity contribution in [2.45, 2.75) is 126 Å². The van der Waals surface area contributed by atoms with E-state index in [0.29, 0.717) is 51.7 Å². The Morgan fingerprint density at radius 3 is 2.42 bits per heavy atom. The summed E-state index contributed by atoms with van der Waals surface area (Å²) in [7, 11) is 0. The van der Waals surface area contributed by atoms with Crippen LogP contribution in [0.5, 0.6) is 0 Å². The standard InChI is InChI=1S/C27H40O9/c1-14-9-19(33-13-14)4-3-17(28)12-22-23(30)26-27(36-22)24(31)25-21(35-26)6-5-20(34-25)11-18(29)10-16-7-8-32-15(16)2/h15-16,19-27,30-31H,1,3-13H2,2H3/t15-,16?,19?,20?,21?,22+,23?,24?,25-,26-,27?/m0/s1. The van der Waals surface area contributed by atoms with E-state index in [1.54, 1.807) is 0 Å². The Labute approximate surface area is 212 Å².